The highest BCUT2D eigenvalue weighted by Gasteiger charge is 2.14. The number of fused-ring (bicyclic) bond motifs is 1. The van der Waals surface area contributed by atoms with E-state index < -0.39 is 0 Å². The van der Waals surface area contributed by atoms with E-state index in [1.54, 1.807) is 0 Å². The van der Waals surface area contributed by atoms with Gasteiger partial charge in [0.1, 0.15) is 0 Å². The Bertz CT molecular complexity index is 628. The van der Waals surface area contributed by atoms with Gasteiger partial charge >= 0.3 is 0 Å². The summed E-state index contributed by atoms with van der Waals surface area (Å²) in [6.07, 6.45) is 2.95. The van der Waals surface area contributed by atoms with Crippen LogP contribution in [0.2, 0.25) is 0 Å². The van der Waals surface area contributed by atoms with Gasteiger partial charge in [0.05, 0.1) is 5.56 Å². The van der Waals surface area contributed by atoms with Gasteiger partial charge in [-0.25, -0.2) is 0 Å². The number of nitrogens with one attached hydrogen (secondary N) is 1. The highest BCUT2D eigenvalue weighted by molar-refractivity contribution is 6.06. The number of carbonyl (C=O) groups excluding carboxylic acids is 1. The highest BCUT2D eigenvalue weighted by Crippen LogP contribution is 2.22. The zero-order valence-corrected chi connectivity index (χ0v) is 14.1. The standard InChI is InChI=1S/C18H27N3O/c1-14(2)12-21-13-16(15-8-5-6-9-17(15)21)18(22)19-10-7-11-20(3)4/h5-6,8-9,13-14H,7,10-12H2,1-4H3,(H,19,22). The van der Waals surface area contributed by atoms with Gasteiger partial charge in [-0.1, -0.05) is 32.0 Å². The molecule has 0 atom stereocenters. The fraction of sp³-hybridized carbons (Fsp3) is 0.500. The van der Waals surface area contributed by atoms with Gasteiger partial charge in [-0.3, -0.25) is 4.79 Å². The SMILES string of the molecule is CC(C)Cn1cc(C(=O)NCCCN(C)C)c2ccccc21. The molecule has 0 aliphatic carbocycles. The van der Waals surface area contributed by atoms with Crippen LogP contribution < -0.4 is 5.32 Å². The molecular formula is C18H27N3O. The first-order chi connectivity index (χ1) is 10.5. The van der Waals surface area contributed by atoms with Crippen LogP contribution in [0, 0.1) is 5.92 Å². The van der Waals surface area contributed by atoms with E-state index in [0.29, 0.717) is 12.5 Å². The first-order valence-corrected chi connectivity index (χ1v) is 8.00. The lowest BCUT2D eigenvalue weighted by atomic mass is 10.1. The van der Waals surface area contributed by atoms with Crippen molar-refractivity contribution < 1.29 is 4.79 Å². The molecule has 120 valence electrons. The van der Waals surface area contributed by atoms with E-state index >= 15 is 0 Å². The molecule has 0 saturated carbocycles. The molecule has 1 aromatic heterocycles. The fourth-order valence-electron chi connectivity index (χ4n) is 2.66. The number of amides is 1. The largest absolute Gasteiger partial charge is 0.352 e. The molecule has 0 aliphatic rings. The first-order valence-electron chi connectivity index (χ1n) is 8.00. The maximum absolute atomic E-state index is 12.5. The third kappa shape index (κ3) is 4.10. The van der Waals surface area contributed by atoms with E-state index in [0.717, 1.165) is 36.0 Å². The molecule has 22 heavy (non-hydrogen) atoms. The topological polar surface area (TPSA) is 37.3 Å². The van der Waals surface area contributed by atoms with Crippen molar-refractivity contribution >= 4 is 16.8 Å². The van der Waals surface area contributed by atoms with Crippen LogP contribution in [0.15, 0.2) is 30.5 Å². The van der Waals surface area contributed by atoms with Gasteiger partial charge in [0.15, 0.2) is 0 Å². The summed E-state index contributed by atoms with van der Waals surface area (Å²) in [6, 6.07) is 8.13. The Hall–Kier alpha value is -1.81. The van der Waals surface area contributed by atoms with Crippen LogP contribution in [0.3, 0.4) is 0 Å². The van der Waals surface area contributed by atoms with E-state index in [9.17, 15) is 4.79 Å². The monoisotopic (exact) mass is 301 g/mol. The minimum absolute atomic E-state index is 0.0254. The Morgan fingerprint density at radius 1 is 1.27 bits per heavy atom. The van der Waals surface area contributed by atoms with Gasteiger partial charge in [0, 0.05) is 30.2 Å². The lowest BCUT2D eigenvalue weighted by Gasteiger charge is -2.09. The molecule has 2 rings (SSSR count). The second-order valence-electron chi connectivity index (χ2n) is 6.52. The number of hydrogen-bond donors (Lipinski definition) is 1. The summed E-state index contributed by atoms with van der Waals surface area (Å²) in [5.74, 6) is 0.573. The van der Waals surface area contributed by atoms with E-state index in [4.69, 9.17) is 0 Å². The number of nitrogens with zero attached hydrogens (tertiary/aromatic N) is 2. The molecule has 0 unspecified atom stereocenters. The van der Waals surface area contributed by atoms with E-state index in [2.05, 4.69) is 34.7 Å². The van der Waals surface area contributed by atoms with Crippen molar-refractivity contribution in [3.05, 3.63) is 36.0 Å². The van der Waals surface area contributed by atoms with Gasteiger partial charge in [-0.15, -0.1) is 0 Å². The van der Waals surface area contributed by atoms with Crippen molar-refractivity contribution in [1.29, 1.82) is 0 Å². The normalized spacial score (nSPS) is 11.5. The van der Waals surface area contributed by atoms with Crippen LogP contribution in [0.5, 0.6) is 0 Å². The molecule has 0 aliphatic heterocycles. The average molecular weight is 301 g/mol. The van der Waals surface area contributed by atoms with E-state index in [1.807, 2.05) is 38.5 Å². The molecule has 4 nitrogen and oxygen atoms in total. The van der Waals surface area contributed by atoms with Gasteiger partial charge in [-0.2, -0.15) is 0 Å². The van der Waals surface area contributed by atoms with Gasteiger partial charge in [0.25, 0.3) is 5.91 Å². The molecule has 1 amide bonds. The van der Waals surface area contributed by atoms with E-state index in [-0.39, 0.29) is 5.91 Å². The number of para-hydroxylation sites is 1. The van der Waals surface area contributed by atoms with Crippen LogP contribution in [-0.2, 0) is 6.54 Å². The Morgan fingerprint density at radius 2 is 2.00 bits per heavy atom. The van der Waals surface area contributed by atoms with Crippen LogP contribution in [0.25, 0.3) is 10.9 Å². The molecule has 0 radical (unpaired) electrons. The third-order valence-electron chi connectivity index (χ3n) is 3.66. The number of hydrogen-bond acceptors (Lipinski definition) is 2. The molecule has 1 N–H and O–H groups in total. The summed E-state index contributed by atoms with van der Waals surface area (Å²) in [5, 5.41) is 4.07. The molecule has 0 spiro atoms. The van der Waals surface area contributed by atoms with Crippen molar-refractivity contribution in [3.63, 3.8) is 0 Å². The number of carbonyl (C=O) groups is 1. The second kappa shape index (κ2) is 7.45. The zero-order valence-electron chi connectivity index (χ0n) is 14.1. The maximum Gasteiger partial charge on any atom is 0.253 e. The summed E-state index contributed by atoms with van der Waals surface area (Å²) >= 11 is 0. The quantitative estimate of drug-likeness (QED) is 0.798. The first kappa shape index (κ1) is 16.6. The van der Waals surface area contributed by atoms with Crippen LogP contribution in [0.4, 0.5) is 0 Å². The lowest BCUT2D eigenvalue weighted by molar-refractivity contribution is 0.0953. The minimum Gasteiger partial charge on any atom is -0.352 e. The lowest BCUT2D eigenvalue weighted by Crippen LogP contribution is -2.27. The summed E-state index contributed by atoms with van der Waals surface area (Å²) in [7, 11) is 4.09. The molecule has 0 saturated heterocycles. The third-order valence-corrected chi connectivity index (χ3v) is 3.66. The summed E-state index contributed by atoms with van der Waals surface area (Å²) in [6.45, 7) is 7.00. The molecule has 1 heterocycles. The predicted molar refractivity (Wildman–Crippen MR) is 92.3 cm³/mol. The van der Waals surface area contributed by atoms with Crippen LogP contribution in [0.1, 0.15) is 30.6 Å². The van der Waals surface area contributed by atoms with Crippen molar-refractivity contribution in [1.82, 2.24) is 14.8 Å². The summed E-state index contributed by atoms with van der Waals surface area (Å²) < 4.78 is 2.19. The highest BCUT2D eigenvalue weighted by atomic mass is 16.1. The molecule has 4 heteroatoms. The van der Waals surface area contributed by atoms with Crippen LogP contribution in [-0.4, -0.2) is 42.6 Å². The molecule has 0 fully saturated rings. The Labute approximate surface area is 133 Å². The Balaban J connectivity index is 2.14. The van der Waals surface area contributed by atoms with Crippen molar-refractivity contribution in [2.24, 2.45) is 5.92 Å². The fourth-order valence-corrected chi connectivity index (χ4v) is 2.66. The molecular weight excluding hydrogens is 274 g/mol. The Morgan fingerprint density at radius 3 is 2.68 bits per heavy atom. The predicted octanol–water partition coefficient (Wildman–Crippen LogP) is 2.98. The molecule has 0 bridgehead atoms. The molecule has 1 aromatic carbocycles. The van der Waals surface area contributed by atoms with Crippen LogP contribution >= 0.6 is 0 Å². The van der Waals surface area contributed by atoms with Gasteiger partial charge < -0.3 is 14.8 Å². The second-order valence-corrected chi connectivity index (χ2v) is 6.52. The summed E-state index contributed by atoms with van der Waals surface area (Å²) in [5.41, 5.74) is 1.91. The summed E-state index contributed by atoms with van der Waals surface area (Å²) in [4.78, 5) is 14.6. The Kier molecular flexibility index (Phi) is 5.61. The van der Waals surface area contributed by atoms with Crippen molar-refractivity contribution in [3.8, 4) is 0 Å². The van der Waals surface area contributed by atoms with Crippen molar-refractivity contribution in [2.75, 3.05) is 27.2 Å². The number of aromatic nitrogens is 1. The number of benzene rings is 1. The van der Waals surface area contributed by atoms with Crippen molar-refractivity contribution in [2.45, 2.75) is 26.8 Å². The van der Waals surface area contributed by atoms with E-state index in [1.165, 1.54) is 0 Å². The minimum atomic E-state index is 0.0254. The van der Waals surface area contributed by atoms with Gasteiger partial charge in [0.2, 0.25) is 0 Å². The molecule has 2 aromatic rings. The average Bonchev–Trinajstić information content (AvgIpc) is 2.82. The van der Waals surface area contributed by atoms with Gasteiger partial charge in [-0.05, 0) is 39.0 Å². The maximum atomic E-state index is 12.5. The zero-order chi connectivity index (χ0) is 16.1. The smallest absolute Gasteiger partial charge is 0.253 e. The number of rotatable bonds is 7.